The van der Waals surface area contributed by atoms with E-state index in [1.165, 1.54) is 6.42 Å². The van der Waals surface area contributed by atoms with Crippen LogP contribution >= 0.6 is 0 Å². The molecule has 0 radical (unpaired) electrons. The van der Waals surface area contributed by atoms with Gasteiger partial charge in [0.25, 0.3) is 0 Å². The second kappa shape index (κ2) is 7.82. The molecule has 2 atom stereocenters. The van der Waals surface area contributed by atoms with Crippen molar-refractivity contribution in [2.45, 2.75) is 45.3 Å². The lowest BCUT2D eigenvalue weighted by atomic mass is 9.74. The minimum atomic E-state index is -1.01. The largest absolute Gasteiger partial charge is 0.480 e. The van der Waals surface area contributed by atoms with E-state index in [1.807, 2.05) is 30.3 Å². The number of rotatable bonds is 7. The van der Waals surface area contributed by atoms with Gasteiger partial charge in [-0.1, -0.05) is 56.5 Å². The lowest BCUT2D eigenvalue weighted by Gasteiger charge is -2.32. The molecule has 5 heteroatoms. The van der Waals surface area contributed by atoms with Crippen LogP contribution < -0.4 is 5.32 Å². The van der Waals surface area contributed by atoms with E-state index in [2.05, 4.69) is 12.2 Å². The Labute approximate surface area is 130 Å². The highest BCUT2D eigenvalue weighted by molar-refractivity contribution is 5.79. The summed E-state index contributed by atoms with van der Waals surface area (Å²) < 4.78 is 5.08. The van der Waals surface area contributed by atoms with Gasteiger partial charge in [-0.05, 0) is 23.8 Å². The molecule has 22 heavy (non-hydrogen) atoms. The smallest absolute Gasteiger partial charge is 0.408 e. The molecule has 1 amide bonds. The van der Waals surface area contributed by atoms with Crippen LogP contribution in [0.25, 0.3) is 0 Å². The van der Waals surface area contributed by atoms with Crippen LogP contribution in [0.3, 0.4) is 0 Å². The number of carboxylic acid groups (broad SMARTS) is 1. The number of aliphatic carboxylic acids is 1. The van der Waals surface area contributed by atoms with Gasteiger partial charge in [-0.3, -0.25) is 0 Å². The van der Waals surface area contributed by atoms with E-state index < -0.39 is 18.1 Å². The number of nitrogens with one attached hydrogen (secondary N) is 1. The van der Waals surface area contributed by atoms with Gasteiger partial charge in [-0.2, -0.15) is 0 Å². The number of ether oxygens (including phenoxy) is 1. The van der Waals surface area contributed by atoms with Crippen LogP contribution in [0.4, 0.5) is 4.79 Å². The Morgan fingerprint density at radius 1 is 1.32 bits per heavy atom. The Balaban J connectivity index is 1.79. The first-order chi connectivity index (χ1) is 10.6. The molecule has 0 heterocycles. The molecule has 1 fully saturated rings. The summed E-state index contributed by atoms with van der Waals surface area (Å²) >= 11 is 0. The fourth-order valence-electron chi connectivity index (χ4n) is 2.70. The molecule has 2 N–H and O–H groups in total. The normalized spacial score (nSPS) is 17.1. The predicted octanol–water partition coefficient (Wildman–Crippen LogP) is 3.19. The molecule has 5 nitrogen and oxygen atoms in total. The third-order valence-electron chi connectivity index (χ3n) is 4.36. The summed E-state index contributed by atoms with van der Waals surface area (Å²) in [5.41, 5.74) is 0.868. The molecule has 0 aromatic heterocycles. The molecule has 1 aliphatic carbocycles. The highest BCUT2D eigenvalue weighted by atomic mass is 16.5. The van der Waals surface area contributed by atoms with Gasteiger partial charge in [0, 0.05) is 0 Å². The third kappa shape index (κ3) is 4.76. The number of carbonyl (C=O) groups is 2. The standard InChI is InChI=1S/C17H23NO4/c1-12(14-8-5-9-14)10-15(16(19)20)18-17(21)22-11-13-6-3-2-4-7-13/h2-4,6-7,12,14-15H,5,8-11H2,1H3,(H,18,21)(H,19,20). The van der Waals surface area contributed by atoms with Crippen molar-refractivity contribution in [3.8, 4) is 0 Å². The Bertz CT molecular complexity index is 499. The molecular weight excluding hydrogens is 282 g/mol. The van der Waals surface area contributed by atoms with Gasteiger partial charge in [0.15, 0.2) is 0 Å². The Morgan fingerprint density at radius 2 is 2.00 bits per heavy atom. The summed E-state index contributed by atoms with van der Waals surface area (Å²) in [6.45, 7) is 2.19. The first-order valence-corrected chi connectivity index (χ1v) is 7.76. The van der Waals surface area contributed by atoms with E-state index >= 15 is 0 Å². The number of carbonyl (C=O) groups excluding carboxylic acids is 1. The summed E-state index contributed by atoms with van der Waals surface area (Å²) in [5.74, 6) is -0.129. The van der Waals surface area contributed by atoms with Crippen molar-refractivity contribution in [2.75, 3.05) is 0 Å². The second-order valence-corrected chi connectivity index (χ2v) is 6.00. The Hall–Kier alpha value is -2.04. The van der Waals surface area contributed by atoms with Crippen LogP contribution in [0, 0.1) is 11.8 Å². The van der Waals surface area contributed by atoms with Gasteiger partial charge in [-0.15, -0.1) is 0 Å². The zero-order valence-electron chi connectivity index (χ0n) is 12.8. The van der Waals surface area contributed by atoms with Crippen molar-refractivity contribution < 1.29 is 19.4 Å². The summed E-state index contributed by atoms with van der Waals surface area (Å²) in [6.07, 6.45) is 3.30. The van der Waals surface area contributed by atoms with Gasteiger partial charge in [0.1, 0.15) is 12.6 Å². The van der Waals surface area contributed by atoms with Gasteiger partial charge in [0.05, 0.1) is 0 Å². The van der Waals surface area contributed by atoms with Crippen molar-refractivity contribution in [3.63, 3.8) is 0 Å². The average molecular weight is 305 g/mol. The maximum absolute atomic E-state index is 11.8. The van der Waals surface area contributed by atoms with Gasteiger partial charge in [0.2, 0.25) is 0 Å². The molecular formula is C17H23NO4. The van der Waals surface area contributed by atoms with E-state index in [0.29, 0.717) is 18.3 Å². The maximum Gasteiger partial charge on any atom is 0.408 e. The molecule has 1 aromatic carbocycles. The number of benzene rings is 1. The highest BCUT2D eigenvalue weighted by Gasteiger charge is 2.29. The third-order valence-corrected chi connectivity index (χ3v) is 4.36. The minimum Gasteiger partial charge on any atom is -0.480 e. The molecule has 0 saturated heterocycles. The quantitative estimate of drug-likeness (QED) is 0.811. The van der Waals surface area contributed by atoms with E-state index in [-0.39, 0.29) is 6.61 Å². The van der Waals surface area contributed by atoms with Crippen molar-refractivity contribution in [1.29, 1.82) is 0 Å². The molecule has 120 valence electrons. The number of hydrogen-bond acceptors (Lipinski definition) is 3. The SMILES string of the molecule is CC(CC(NC(=O)OCc1ccccc1)C(=O)O)C1CCC1. The molecule has 1 aromatic rings. The van der Waals surface area contributed by atoms with Crippen LogP contribution in [0.5, 0.6) is 0 Å². The lowest BCUT2D eigenvalue weighted by Crippen LogP contribution is -2.43. The van der Waals surface area contributed by atoms with Crippen LogP contribution in [-0.2, 0) is 16.1 Å². The Kier molecular flexibility index (Phi) is 5.81. The van der Waals surface area contributed by atoms with Crippen molar-refractivity contribution in [3.05, 3.63) is 35.9 Å². The Morgan fingerprint density at radius 3 is 2.55 bits per heavy atom. The number of carboxylic acids is 1. The zero-order chi connectivity index (χ0) is 15.9. The van der Waals surface area contributed by atoms with Gasteiger partial charge >= 0.3 is 12.1 Å². The van der Waals surface area contributed by atoms with E-state index in [9.17, 15) is 14.7 Å². The van der Waals surface area contributed by atoms with Gasteiger partial charge in [-0.25, -0.2) is 9.59 Å². The van der Waals surface area contributed by atoms with Crippen LogP contribution in [0.2, 0.25) is 0 Å². The van der Waals surface area contributed by atoms with E-state index in [4.69, 9.17) is 4.74 Å². The number of hydrogen-bond donors (Lipinski definition) is 2. The van der Waals surface area contributed by atoms with Crippen LogP contribution in [-0.4, -0.2) is 23.2 Å². The first-order valence-electron chi connectivity index (χ1n) is 7.76. The predicted molar refractivity (Wildman–Crippen MR) is 82.3 cm³/mol. The van der Waals surface area contributed by atoms with Gasteiger partial charge < -0.3 is 15.2 Å². The summed E-state index contributed by atoms with van der Waals surface area (Å²) in [5, 5.41) is 11.7. The molecule has 2 unspecified atom stereocenters. The number of amides is 1. The average Bonchev–Trinajstić information content (AvgIpc) is 2.43. The molecule has 1 aliphatic rings. The summed E-state index contributed by atoms with van der Waals surface area (Å²) in [7, 11) is 0. The van der Waals surface area contributed by atoms with Crippen molar-refractivity contribution in [1.82, 2.24) is 5.32 Å². The number of alkyl carbamates (subject to hydrolysis) is 1. The summed E-state index contributed by atoms with van der Waals surface area (Å²) in [6, 6.07) is 8.40. The van der Waals surface area contributed by atoms with Crippen LogP contribution in [0.1, 0.15) is 38.2 Å². The lowest BCUT2D eigenvalue weighted by molar-refractivity contribution is -0.140. The van der Waals surface area contributed by atoms with E-state index in [0.717, 1.165) is 18.4 Å². The topological polar surface area (TPSA) is 75.6 Å². The summed E-state index contributed by atoms with van der Waals surface area (Å²) in [4.78, 5) is 23.1. The molecule has 0 bridgehead atoms. The van der Waals surface area contributed by atoms with Crippen LogP contribution in [0.15, 0.2) is 30.3 Å². The van der Waals surface area contributed by atoms with Crippen molar-refractivity contribution in [2.24, 2.45) is 11.8 Å². The molecule has 1 saturated carbocycles. The first kappa shape index (κ1) is 16.3. The molecule has 0 spiro atoms. The highest BCUT2D eigenvalue weighted by Crippen LogP contribution is 2.35. The second-order valence-electron chi connectivity index (χ2n) is 6.00. The zero-order valence-corrected chi connectivity index (χ0v) is 12.8. The van der Waals surface area contributed by atoms with Crippen molar-refractivity contribution >= 4 is 12.1 Å². The van der Waals surface area contributed by atoms with E-state index in [1.54, 1.807) is 0 Å². The fourth-order valence-corrected chi connectivity index (χ4v) is 2.70. The molecule has 0 aliphatic heterocycles. The fraction of sp³-hybridized carbons (Fsp3) is 0.529. The molecule has 2 rings (SSSR count). The maximum atomic E-state index is 11.8. The minimum absolute atomic E-state index is 0.136. The monoisotopic (exact) mass is 305 g/mol.